The Bertz CT molecular complexity index is 1390. The Hall–Kier alpha value is -3.36. The van der Waals surface area contributed by atoms with Crippen LogP contribution in [0.15, 0.2) is 53.9 Å². The Labute approximate surface area is 193 Å². The first kappa shape index (κ1) is 19.3. The highest BCUT2D eigenvalue weighted by molar-refractivity contribution is 6.35. The number of ether oxygens (including phenoxy) is 2. The topological polar surface area (TPSA) is 79.3 Å². The second kappa shape index (κ2) is 7.36. The van der Waals surface area contributed by atoms with E-state index in [1.165, 1.54) is 0 Å². The fraction of sp³-hybridized carbons (Fsp3) is 0.182. The van der Waals surface area contributed by atoms with Gasteiger partial charge in [0.05, 0.1) is 36.1 Å². The van der Waals surface area contributed by atoms with Crippen LogP contribution in [0.2, 0.25) is 10.0 Å². The average molecular weight is 467 g/mol. The number of hydrogen-bond acceptors (Lipinski definition) is 6. The lowest BCUT2D eigenvalue weighted by atomic mass is 10.1. The van der Waals surface area contributed by atoms with Gasteiger partial charge in [0.25, 0.3) is 0 Å². The second-order valence-corrected chi connectivity index (χ2v) is 8.35. The summed E-state index contributed by atoms with van der Waals surface area (Å²) in [6, 6.07) is 11.0. The normalized spacial score (nSPS) is 16.5. The molecular formula is C22H16Cl2N6O2. The first-order valence-electron chi connectivity index (χ1n) is 9.93. The molecular weight excluding hydrogens is 451 g/mol. The average Bonchev–Trinajstić information content (AvgIpc) is 3.52. The molecule has 2 aromatic heterocycles. The predicted molar refractivity (Wildman–Crippen MR) is 120 cm³/mol. The van der Waals surface area contributed by atoms with Crippen molar-refractivity contribution < 1.29 is 9.47 Å². The maximum absolute atomic E-state index is 6.39. The minimum absolute atomic E-state index is 0.221. The number of methoxy groups -OCH3 is 1. The summed E-state index contributed by atoms with van der Waals surface area (Å²) >= 11 is 12.4. The van der Waals surface area contributed by atoms with Crippen molar-refractivity contribution in [3.63, 3.8) is 0 Å². The van der Waals surface area contributed by atoms with Crippen LogP contribution in [-0.4, -0.2) is 44.2 Å². The van der Waals surface area contributed by atoms with Gasteiger partial charge in [0.2, 0.25) is 5.90 Å². The summed E-state index contributed by atoms with van der Waals surface area (Å²) in [6.45, 7) is 0.385. The molecule has 0 spiro atoms. The van der Waals surface area contributed by atoms with Crippen LogP contribution >= 0.6 is 23.2 Å². The molecule has 0 bridgehead atoms. The van der Waals surface area contributed by atoms with Crippen molar-refractivity contribution in [2.75, 3.05) is 13.7 Å². The van der Waals surface area contributed by atoms with Crippen LogP contribution < -0.4 is 4.74 Å². The van der Waals surface area contributed by atoms with Crippen LogP contribution in [0.3, 0.4) is 0 Å². The molecule has 0 N–H and O–H groups in total. The molecule has 10 heteroatoms. The molecule has 0 fully saturated rings. The quantitative estimate of drug-likeness (QED) is 0.398. The largest absolute Gasteiger partial charge is 0.497 e. The van der Waals surface area contributed by atoms with Gasteiger partial charge in [-0.3, -0.25) is 4.57 Å². The van der Waals surface area contributed by atoms with E-state index in [0.717, 1.165) is 34.1 Å². The van der Waals surface area contributed by atoms with Gasteiger partial charge in [-0.1, -0.05) is 34.5 Å². The van der Waals surface area contributed by atoms with E-state index in [1.54, 1.807) is 31.8 Å². The van der Waals surface area contributed by atoms with Gasteiger partial charge in [-0.05, 0) is 29.8 Å². The van der Waals surface area contributed by atoms with Gasteiger partial charge in [0, 0.05) is 22.5 Å². The summed E-state index contributed by atoms with van der Waals surface area (Å²) in [5.41, 5.74) is 5.21. The highest BCUT2D eigenvalue weighted by Gasteiger charge is 2.30. The molecule has 160 valence electrons. The number of imidazole rings is 1. The van der Waals surface area contributed by atoms with E-state index >= 15 is 0 Å². The predicted octanol–water partition coefficient (Wildman–Crippen LogP) is 4.19. The lowest BCUT2D eigenvalue weighted by Crippen LogP contribution is -2.08. The molecule has 2 aliphatic heterocycles. The number of halogens is 2. The molecule has 0 saturated carbocycles. The zero-order valence-corrected chi connectivity index (χ0v) is 18.4. The smallest absolute Gasteiger partial charge is 0.238 e. The third-order valence-corrected chi connectivity index (χ3v) is 6.24. The molecule has 2 aliphatic rings. The minimum Gasteiger partial charge on any atom is -0.497 e. The van der Waals surface area contributed by atoms with Crippen LogP contribution in [0.25, 0.3) is 11.4 Å². The Morgan fingerprint density at radius 3 is 2.88 bits per heavy atom. The monoisotopic (exact) mass is 466 g/mol. The highest BCUT2D eigenvalue weighted by atomic mass is 35.5. The van der Waals surface area contributed by atoms with Gasteiger partial charge >= 0.3 is 0 Å². The number of fused-ring (bicyclic) bond motifs is 5. The number of aliphatic imine (C=N–C) groups is 1. The van der Waals surface area contributed by atoms with E-state index in [4.69, 9.17) is 37.7 Å². The third kappa shape index (κ3) is 2.98. The van der Waals surface area contributed by atoms with Crippen molar-refractivity contribution >= 4 is 29.1 Å². The number of rotatable bonds is 3. The molecule has 1 atom stereocenters. The van der Waals surface area contributed by atoms with Crippen LogP contribution in [0.5, 0.6) is 5.75 Å². The van der Waals surface area contributed by atoms with Gasteiger partial charge in [0.15, 0.2) is 0 Å². The molecule has 8 nitrogen and oxygen atoms in total. The lowest BCUT2D eigenvalue weighted by Gasteiger charge is -2.11. The molecule has 0 radical (unpaired) electrons. The van der Waals surface area contributed by atoms with Gasteiger partial charge in [-0.15, -0.1) is 5.10 Å². The van der Waals surface area contributed by atoms with Gasteiger partial charge in [0.1, 0.15) is 30.4 Å². The molecule has 32 heavy (non-hydrogen) atoms. The lowest BCUT2D eigenvalue weighted by molar-refractivity contribution is 0.319. The van der Waals surface area contributed by atoms with Crippen LogP contribution in [0.1, 0.15) is 28.7 Å². The summed E-state index contributed by atoms with van der Waals surface area (Å²) in [4.78, 5) is 9.45. The molecule has 0 aliphatic carbocycles. The number of nitrogens with zero attached hydrogens (tertiary/aromatic N) is 6. The van der Waals surface area contributed by atoms with Gasteiger partial charge in [-0.2, -0.15) is 0 Å². The zero-order chi connectivity index (χ0) is 21.8. The second-order valence-electron chi connectivity index (χ2n) is 7.51. The van der Waals surface area contributed by atoms with Crippen molar-refractivity contribution in [2.45, 2.75) is 12.5 Å². The van der Waals surface area contributed by atoms with Crippen molar-refractivity contribution in [3.05, 3.63) is 81.6 Å². The SMILES string of the molecule is COc1ccc2c(c1)-n1nncc1Cc1c(C3=N[C@@H](c4ccc(Cl)cc4Cl)CO3)ncn1-2. The highest BCUT2D eigenvalue weighted by Crippen LogP contribution is 2.35. The molecule has 6 rings (SSSR count). The summed E-state index contributed by atoms with van der Waals surface area (Å²) in [5, 5.41) is 9.54. The minimum atomic E-state index is -0.221. The number of hydrogen-bond donors (Lipinski definition) is 0. The first-order valence-corrected chi connectivity index (χ1v) is 10.7. The molecule has 4 heterocycles. The van der Waals surface area contributed by atoms with E-state index in [-0.39, 0.29) is 6.04 Å². The molecule has 0 unspecified atom stereocenters. The maximum Gasteiger partial charge on any atom is 0.238 e. The summed E-state index contributed by atoms with van der Waals surface area (Å²) in [6.07, 6.45) is 4.10. The molecule has 0 amide bonds. The van der Waals surface area contributed by atoms with E-state index in [0.29, 0.717) is 34.7 Å². The van der Waals surface area contributed by atoms with Crippen LogP contribution in [0, 0.1) is 0 Å². The van der Waals surface area contributed by atoms with E-state index in [2.05, 4.69) is 15.3 Å². The van der Waals surface area contributed by atoms with Crippen LogP contribution in [0.4, 0.5) is 0 Å². The standard InChI is InChI=1S/C22H16Cl2N6O2/c1-31-14-3-5-18-19(8-14)30-13(9-26-28-30)7-20-21(25-11-29(18)20)22-27-17(10-32-22)15-4-2-12(23)6-16(15)24/h2-6,8-9,11,17H,7,10H2,1H3/t17-/m1/s1. The Morgan fingerprint density at radius 2 is 2.03 bits per heavy atom. The third-order valence-electron chi connectivity index (χ3n) is 5.68. The van der Waals surface area contributed by atoms with E-state index in [9.17, 15) is 0 Å². The van der Waals surface area contributed by atoms with Crippen molar-refractivity contribution in [2.24, 2.45) is 4.99 Å². The summed E-state index contributed by atoms with van der Waals surface area (Å²) < 4.78 is 15.2. The van der Waals surface area contributed by atoms with E-state index < -0.39 is 0 Å². The molecule has 4 aromatic rings. The van der Waals surface area contributed by atoms with E-state index in [1.807, 2.05) is 33.5 Å². The fourth-order valence-electron chi connectivity index (χ4n) is 4.12. The van der Waals surface area contributed by atoms with Crippen molar-refractivity contribution in [1.29, 1.82) is 0 Å². The number of benzene rings is 2. The van der Waals surface area contributed by atoms with Gasteiger partial charge < -0.3 is 9.47 Å². The molecule has 0 saturated heterocycles. The first-order chi connectivity index (χ1) is 15.6. The van der Waals surface area contributed by atoms with Crippen LogP contribution in [-0.2, 0) is 11.2 Å². The number of aromatic nitrogens is 5. The Kier molecular flexibility index (Phi) is 4.44. The zero-order valence-electron chi connectivity index (χ0n) is 16.9. The summed E-state index contributed by atoms with van der Waals surface area (Å²) in [7, 11) is 1.64. The van der Waals surface area contributed by atoms with Crippen molar-refractivity contribution in [1.82, 2.24) is 24.5 Å². The fourth-order valence-corrected chi connectivity index (χ4v) is 4.65. The summed E-state index contributed by atoms with van der Waals surface area (Å²) in [5.74, 6) is 1.23. The Morgan fingerprint density at radius 1 is 1.12 bits per heavy atom. The maximum atomic E-state index is 6.39. The van der Waals surface area contributed by atoms with Crippen molar-refractivity contribution in [3.8, 4) is 17.1 Å². The molecule has 2 aromatic carbocycles. The Balaban J connectivity index is 1.45. The van der Waals surface area contributed by atoms with Gasteiger partial charge in [-0.25, -0.2) is 14.7 Å².